The SMILES string of the molecule is O=C(O)COc1cc(OCC(=O)O)cc(S(=O)(=O)O)c1.[NaH]. The van der Waals surface area contributed by atoms with E-state index in [1.165, 1.54) is 0 Å². The van der Waals surface area contributed by atoms with Crippen molar-refractivity contribution in [2.45, 2.75) is 4.90 Å². The Morgan fingerprint density at radius 3 is 1.62 bits per heavy atom. The van der Waals surface area contributed by atoms with Crippen molar-refractivity contribution in [3.8, 4) is 11.5 Å². The van der Waals surface area contributed by atoms with Crippen LogP contribution in [0.5, 0.6) is 11.5 Å². The number of carbonyl (C=O) groups is 2. The molecule has 9 nitrogen and oxygen atoms in total. The summed E-state index contributed by atoms with van der Waals surface area (Å²) >= 11 is 0. The van der Waals surface area contributed by atoms with Crippen LogP contribution < -0.4 is 9.47 Å². The number of benzene rings is 1. The van der Waals surface area contributed by atoms with E-state index >= 15 is 0 Å². The topological polar surface area (TPSA) is 147 Å². The van der Waals surface area contributed by atoms with Gasteiger partial charge >= 0.3 is 41.5 Å². The first-order valence-electron chi connectivity index (χ1n) is 5.00. The van der Waals surface area contributed by atoms with Gasteiger partial charge in [0.1, 0.15) is 16.4 Å². The summed E-state index contributed by atoms with van der Waals surface area (Å²) in [5.41, 5.74) is 0. The van der Waals surface area contributed by atoms with Gasteiger partial charge in [-0.3, -0.25) is 4.55 Å². The Bertz CT molecular complexity index is 589. The number of hydrogen-bond acceptors (Lipinski definition) is 6. The van der Waals surface area contributed by atoms with Gasteiger partial charge in [0.2, 0.25) is 0 Å². The first-order chi connectivity index (χ1) is 9.18. The Hall–Kier alpha value is -1.33. The fourth-order valence-corrected chi connectivity index (χ4v) is 1.68. The van der Waals surface area contributed by atoms with Gasteiger partial charge in [0, 0.05) is 18.2 Å². The van der Waals surface area contributed by atoms with Crippen LogP contribution in [0.2, 0.25) is 0 Å². The van der Waals surface area contributed by atoms with Crippen LogP contribution >= 0.6 is 0 Å². The molecule has 0 saturated carbocycles. The molecule has 1 aromatic carbocycles. The number of rotatable bonds is 7. The molecule has 0 aliphatic rings. The van der Waals surface area contributed by atoms with E-state index in [9.17, 15) is 18.0 Å². The molecular formula is C10H11NaO9S. The standard InChI is InChI=1S/C10H10O9S.Na.H/c11-9(12)4-18-6-1-7(19-5-10(13)14)3-8(2-6)20(15,16)17;;/h1-3H,4-5H2,(H,11,12)(H,13,14)(H,15,16,17);;. The van der Waals surface area contributed by atoms with Crippen LogP contribution in [0.1, 0.15) is 0 Å². The molecule has 0 radical (unpaired) electrons. The van der Waals surface area contributed by atoms with Gasteiger partial charge in [-0.05, 0) is 0 Å². The number of carboxylic acids is 2. The van der Waals surface area contributed by atoms with Crippen molar-refractivity contribution in [2.75, 3.05) is 13.2 Å². The third kappa shape index (κ3) is 7.29. The number of hydrogen-bond donors (Lipinski definition) is 3. The van der Waals surface area contributed by atoms with Gasteiger partial charge in [-0.25, -0.2) is 9.59 Å². The number of carboxylic acid groups (broad SMARTS) is 2. The molecule has 1 rings (SSSR count). The molecule has 0 saturated heterocycles. The summed E-state index contributed by atoms with van der Waals surface area (Å²) in [6.45, 7) is -1.49. The summed E-state index contributed by atoms with van der Waals surface area (Å²) in [4.78, 5) is 20.1. The van der Waals surface area contributed by atoms with Gasteiger partial charge in [-0.15, -0.1) is 0 Å². The second-order valence-corrected chi connectivity index (χ2v) is 4.90. The molecule has 11 heteroatoms. The molecule has 0 aromatic heterocycles. The molecule has 112 valence electrons. The Kier molecular flexibility index (Phi) is 7.68. The maximum absolute atomic E-state index is 11.0. The van der Waals surface area contributed by atoms with Crippen molar-refractivity contribution in [1.29, 1.82) is 0 Å². The molecule has 0 aliphatic heterocycles. The summed E-state index contributed by atoms with van der Waals surface area (Å²) in [5.74, 6) is -3.00. The predicted octanol–water partition coefficient (Wildman–Crippen LogP) is -0.788. The van der Waals surface area contributed by atoms with Crippen molar-refractivity contribution < 1.29 is 42.2 Å². The van der Waals surface area contributed by atoms with Crippen LogP contribution in [-0.2, 0) is 19.7 Å². The van der Waals surface area contributed by atoms with E-state index in [1.54, 1.807) is 0 Å². The van der Waals surface area contributed by atoms with Gasteiger partial charge < -0.3 is 19.7 Å². The summed E-state index contributed by atoms with van der Waals surface area (Å²) in [6.07, 6.45) is 0. The van der Waals surface area contributed by atoms with E-state index in [4.69, 9.17) is 24.2 Å². The molecule has 0 atom stereocenters. The zero-order chi connectivity index (χ0) is 15.3. The Morgan fingerprint density at radius 1 is 0.952 bits per heavy atom. The van der Waals surface area contributed by atoms with Crippen molar-refractivity contribution in [2.24, 2.45) is 0 Å². The van der Waals surface area contributed by atoms with Crippen molar-refractivity contribution in [3.63, 3.8) is 0 Å². The first kappa shape index (κ1) is 19.7. The maximum atomic E-state index is 11.0. The van der Waals surface area contributed by atoms with Crippen LogP contribution in [0, 0.1) is 0 Å². The van der Waals surface area contributed by atoms with Gasteiger partial charge in [0.05, 0.1) is 0 Å². The third-order valence-electron chi connectivity index (χ3n) is 1.88. The Balaban J connectivity index is 0.00000400. The molecule has 21 heavy (non-hydrogen) atoms. The van der Waals surface area contributed by atoms with Crippen LogP contribution in [-0.4, -0.2) is 77.9 Å². The van der Waals surface area contributed by atoms with Gasteiger partial charge in [0.25, 0.3) is 10.1 Å². The monoisotopic (exact) mass is 330 g/mol. The number of ether oxygens (including phenoxy) is 2. The Morgan fingerprint density at radius 2 is 1.33 bits per heavy atom. The summed E-state index contributed by atoms with van der Waals surface area (Å²) in [5, 5.41) is 16.9. The van der Waals surface area contributed by atoms with E-state index < -0.39 is 40.2 Å². The van der Waals surface area contributed by atoms with Crippen LogP contribution in [0.25, 0.3) is 0 Å². The Labute approximate surface area is 141 Å². The van der Waals surface area contributed by atoms with Gasteiger partial charge in [-0.2, -0.15) is 8.42 Å². The fourth-order valence-electron chi connectivity index (χ4n) is 1.15. The average Bonchev–Trinajstić information content (AvgIpc) is 2.32. The van der Waals surface area contributed by atoms with Crippen LogP contribution in [0.15, 0.2) is 23.1 Å². The van der Waals surface area contributed by atoms with Crippen LogP contribution in [0.3, 0.4) is 0 Å². The third-order valence-corrected chi connectivity index (χ3v) is 2.71. The molecule has 0 fully saturated rings. The van der Waals surface area contributed by atoms with Crippen molar-refractivity contribution >= 4 is 51.6 Å². The zero-order valence-corrected chi connectivity index (χ0v) is 10.7. The molecule has 0 unspecified atom stereocenters. The van der Waals surface area contributed by atoms with E-state index in [2.05, 4.69) is 0 Å². The summed E-state index contributed by atoms with van der Waals surface area (Å²) in [7, 11) is -4.58. The second-order valence-electron chi connectivity index (χ2n) is 3.48. The molecule has 0 amide bonds. The molecule has 0 heterocycles. The molecule has 0 bridgehead atoms. The zero-order valence-electron chi connectivity index (χ0n) is 9.85. The molecule has 3 N–H and O–H groups in total. The molecular weight excluding hydrogens is 319 g/mol. The minimum atomic E-state index is -4.58. The molecule has 0 spiro atoms. The molecule has 1 aromatic rings. The van der Waals surface area contributed by atoms with E-state index in [-0.39, 0.29) is 41.1 Å². The summed E-state index contributed by atoms with van der Waals surface area (Å²) in [6, 6.07) is 2.86. The van der Waals surface area contributed by atoms with E-state index in [0.717, 1.165) is 18.2 Å². The second kappa shape index (κ2) is 8.20. The average molecular weight is 330 g/mol. The minimum absolute atomic E-state index is 0. The van der Waals surface area contributed by atoms with Gasteiger partial charge in [-0.1, -0.05) is 0 Å². The van der Waals surface area contributed by atoms with E-state index in [1.807, 2.05) is 0 Å². The summed E-state index contributed by atoms with van der Waals surface area (Å²) < 4.78 is 40.5. The van der Waals surface area contributed by atoms with Crippen LogP contribution in [0.4, 0.5) is 0 Å². The molecule has 0 aliphatic carbocycles. The van der Waals surface area contributed by atoms with E-state index in [0.29, 0.717) is 0 Å². The van der Waals surface area contributed by atoms with Crippen molar-refractivity contribution in [1.82, 2.24) is 0 Å². The predicted molar refractivity (Wildman–Crippen MR) is 69.7 cm³/mol. The van der Waals surface area contributed by atoms with Gasteiger partial charge in [0.15, 0.2) is 13.2 Å². The normalized spacial score (nSPS) is 10.3. The quantitative estimate of drug-likeness (QED) is 0.432. The van der Waals surface area contributed by atoms with Crippen molar-refractivity contribution in [3.05, 3.63) is 18.2 Å². The number of aliphatic carboxylic acids is 2. The first-order valence-corrected chi connectivity index (χ1v) is 6.44. The fraction of sp³-hybridized carbons (Fsp3) is 0.200.